The van der Waals surface area contributed by atoms with Gasteiger partial charge in [0.2, 0.25) is 0 Å². The van der Waals surface area contributed by atoms with Crippen LogP contribution in [0, 0.1) is 6.92 Å². The number of nitrogens with one attached hydrogen (secondary N) is 1. The summed E-state index contributed by atoms with van der Waals surface area (Å²) in [5.74, 6) is 1.13. The monoisotopic (exact) mass is 281 g/mol. The van der Waals surface area contributed by atoms with E-state index in [1.54, 1.807) is 7.11 Å². The Hall–Kier alpha value is -0.510. The molecule has 0 fully saturated rings. The molecule has 3 heteroatoms. The van der Waals surface area contributed by atoms with Crippen LogP contribution in [0.1, 0.15) is 31.7 Å². The average molecular weight is 281 g/mol. The molecule has 1 N–H and O–H groups in total. The molecule has 0 radical (unpaired) electrons. The molecule has 0 spiro atoms. The van der Waals surface area contributed by atoms with Gasteiger partial charge in [0.25, 0.3) is 0 Å². The van der Waals surface area contributed by atoms with Crippen molar-refractivity contribution in [3.8, 4) is 0 Å². The van der Waals surface area contributed by atoms with Crippen molar-refractivity contribution in [2.45, 2.75) is 44.0 Å². The highest BCUT2D eigenvalue weighted by molar-refractivity contribution is 7.99. The second-order valence-electron chi connectivity index (χ2n) is 4.91. The SMILES string of the molecule is CCCNC(CCCOC)CSc1cccc(C)c1. The largest absolute Gasteiger partial charge is 0.385 e. The third-order valence-electron chi connectivity index (χ3n) is 3.02. The van der Waals surface area contributed by atoms with Crippen LogP contribution in [0.3, 0.4) is 0 Å². The summed E-state index contributed by atoms with van der Waals surface area (Å²) in [6.45, 7) is 6.33. The predicted molar refractivity (Wildman–Crippen MR) is 85.1 cm³/mol. The number of methoxy groups -OCH3 is 1. The van der Waals surface area contributed by atoms with E-state index >= 15 is 0 Å². The molecule has 1 aromatic carbocycles. The lowest BCUT2D eigenvalue weighted by Gasteiger charge is -2.18. The van der Waals surface area contributed by atoms with E-state index in [2.05, 4.69) is 43.4 Å². The van der Waals surface area contributed by atoms with Gasteiger partial charge in [0, 0.05) is 30.4 Å². The van der Waals surface area contributed by atoms with Crippen molar-refractivity contribution in [1.82, 2.24) is 5.32 Å². The molecule has 19 heavy (non-hydrogen) atoms. The van der Waals surface area contributed by atoms with Gasteiger partial charge in [-0.1, -0.05) is 24.6 Å². The summed E-state index contributed by atoms with van der Waals surface area (Å²) in [6, 6.07) is 9.33. The molecule has 0 aromatic heterocycles. The fourth-order valence-electron chi connectivity index (χ4n) is 1.97. The van der Waals surface area contributed by atoms with E-state index in [9.17, 15) is 0 Å². The Morgan fingerprint density at radius 2 is 2.21 bits per heavy atom. The summed E-state index contributed by atoms with van der Waals surface area (Å²) < 4.78 is 5.14. The van der Waals surface area contributed by atoms with Gasteiger partial charge in [0.05, 0.1) is 0 Å². The zero-order valence-corrected chi connectivity index (χ0v) is 13.3. The van der Waals surface area contributed by atoms with Crippen LogP contribution in [-0.2, 0) is 4.74 Å². The molecule has 0 heterocycles. The second kappa shape index (κ2) is 10.3. The van der Waals surface area contributed by atoms with E-state index in [1.165, 1.54) is 23.3 Å². The number of rotatable bonds is 10. The van der Waals surface area contributed by atoms with E-state index in [1.807, 2.05) is 11.8 Å². The Morgan fingerprint density at radius 1 is 1.37 bits per heavy atom. The highest BCUT2D eigenvalue weighted by atomic mass is 32.2. The van der Waals surface area contributed by atoms with Crippen LogP contribution in [0.25, 0.3) is 0 Å². The first-order valence-corrected chi connectivity index (χ1v) is 8.16. The molecular formula is C16H27NOS. The number of ether oxygens (including phenoxy) is 1. The number of hydrogen-bond acceptors (Lipinski definition) is 3. The van der Waals surface area contributed by atoms with E-state index in [4.69, 9.17) is 4.74 Å². The first kappa shape index (κ1) is 16.5. The predicted octanol–water partition coefficient (Wildman–Crippen LogP) is 3.88. The van der Waals surface area contributed by atoms with Crippen molar-refractivity contribution in [3.63, 3.8) is 0 Å². The van der Waals surface area contributed by atoms with Crippen LogP contribution in [0.4, 0.5) is 0 Å². The molecule has 1 aromatic rings. The molecule has 0 saturated heterocycles. The van der Waals surface area contributed by atoms with Gasteiger partial charge in [-0.25, -0.2) is 0 Å². The molecule has 0 saturated carbocycles. The molecule has 1 unspecified atom stereocenters. The van der Waals surface area contributed by atoms with Crippen LogP contribution in [-0.4, -0.2) is 32.1 Å². The molecule has 1 atom stereocenters. The molecule has 108 valence electrons. The summed E-state index contributed by atoms with van der Waals surface area (Å²) in [5.41, 5.74) is 1.34. The van der Waals surface area contributed by atoms with Gasteiger partial charge in [-0.3, -0.25) is 0 Å². The van der Waals surface area contributed by atoms with E-state index < -0.39 is 0 Å². The molecule has 0 aliphatic rings. The molecule has 0 amide bonds. The Kier molecular flexibility index (Phi) is 8.97. The highest BCUT2D eigenvalue weighted by Crippen LogP contribution is 2.20. The Morgan fingerprint density at radius 3 is 2.89 bits per heavy atom. The molecule has 0 bridgehead atoms. The first-order chi connectivity index (χ1) is 9.26. The van der Waals surface area contributed by atoms with Gasteiger partial charge in [0.15, 0.2) is 0 Å². The minimum atomic E-state index is 0.584. The maximum absolute atomic E-state index is 5.14. The van der Waals surface area contributed by atoms with Crippen molar-refractivity contribution in [1.29, 1.82) is 0 Å². The van der Waals surface area contributed by atoms with Crippen LogP contribution in [0.5, 0.6) is 0 Å². The van der Waals surface area contributed by atoms with Gasteiger partial charge >= 0.3 is 0 Å². The Balaban J connectivity index is 2.37. The molecule has 0 aliphatic heterocycles. The zero-order valence-electron chi connectivity index (χ0n) is 12.4. The Bertz CT molecular complexity index is 343. The highest BCUT2D eigenvalue weighted by Gasteiger charge is 2.08. The Labute approximate surface area is 122 Å². The van der Waals surface area contributed by atoms with Gasteiger partial charge in [-0.2, -0.15) is 0 Å². The van der Waals surface area contributed by atoms with Crippen LogP contribution in [0.15, 0.2) is 29.2 Å². The fraction of sp³-hybridized carbons (Fsp3) is 0.625. The summed E-state index contributed by atoms with van der Waals surface area (Å²) in [6.07, 6.45) is 3.51. The van der Waals surface area contributed by atoms with Gasteiger partial charge in [0.1, 0.15) is 0 Å². The minimum absolute atomic E-state index is 0.584. The smallest absolute Gasteiger partial charge is 0.0462 e. The first-order valence-electron chi connectivity index (χ1n) is 7.18. The fourth-order valence-corrected chi connectivity index (χ4v) is 3.09. The summed E-state index contributed by atoms with van der Waals surface area (Å²) >= 11 is 1.95. The molecule has 0 aliphatic carbocycles. The van der Waals surface area contributed by atoms with Crippen molar-refractivity contribution >= 4 is 11.8 Å². The molecular weight excluding hydrogens is 254 g/mol. The summed E-state index contributed by atoms with van der Waals surface area (Å²) in [5, 5.41) is 3.64. The molecule has 1 rings (SSSR count). The summed E-state index contributed by atoms with van der Waals surface area (Å²) in [4.78, 5) is 1.37. The van der Waals surface area contributed by atoms with Crippen LogP contribution in [0.2, 0.25) is 0 Å². The van der Waals surface area contributed by atoms with Crippen LogP contribution < -0.4 is 5.32 Å². The van der Waals surface area contributed by atoms with Gasteiger partial charge in [-0.15, -0.1) is 11.8 Å². The van der Waals surface area contributed by atoms with Crippen molar-refractivity contribution < 1.29 is 4.74 Å². The van der Waals surface area contributed by atoms with Gasteiger partial charge < -0.3 is 10.1 Å². The van der Waals surface area contributed by atoms with Crippen LogP contribution >= 0.6 is 11.8 Å². The number of aryl methyl sites for hydroxylation is 1. The van der Waals surface area contributed by atoms with Gasteiger partial charge in [-0.05, 0) is 44.9 Å². The van der Waals surface area contributed by atoms with Crippen molar-refractivity contribution in [3.05, 3.63) is 29.8 Å². The topological polar surface area (TPSA) is 21.3 Å². The number of benzene rings is 1. The summed E-state index contributed by atoms with van der Waals surface area (Å²) in [7, 11) is 1.77. The number of thioether (sulfide) groups is 1. The van der Waals surface area contributed by atoms with Crippen molar-refractivity contribution in [2.75, 3.05) is 26.0 Å². The third-order valence-corrected chi connectivity index (χ3v) is 4.18. The third kappa shape index (κ3) is 7.61. The van der Waals surface area contributed by atoms with Crippen molar-refractivity contribution in [2.24, 2.45) is 0 Å². The molecule has 2 nitrogen and oxygen atoms in total. The second-order valence-corrected chi connectivity index (χ2v) is 6.01. The normalized spacial score (nSPS) is 12.6. The van der Waals surface area contributed by atoms with E-state index in [0.29, 0.717) is 6.04 Å². The lowest BCUT2D eigenvalue weighted by Crippen LogP contribution is -2.32. The average Bonchev–Trinajstić information content (AvgIpc) is 2.41. The van der Waals surface area contributed by atoms with E-state index in [0.717, 1.165) is 25.3 Å². The van der Waals surface area contributed by atoms with E-state index in [-0.39, 0.29) is 0 Å². The zero-order chi connectivity index (χ0) is 13.9. The lowest BCUT2D eigenvalue weighted by atomic mass is 10.2. The quantitative estimate of drug-likeness (QED) is 0.519. The minimum Gasteiger partial charge on any atom is -0.385 e. The lowest BCUT2D eigenvalue weighted by molar-refractivity contribution is 0.189. The maximum atomic E-state index is 5.14. The standard InChI is InChI=1S/C16H27NOS/c1-4-10-17-15(8-6-11-18-3)13-19-16-9-5-7-14(2)12-16/h5,7,9,12,15,17H,4,6,8,10-11,13H2,1-3H3. The number of hydrogen-bond donors (Lipinski definition) is 1. The maximum Gasteiger partial charge on any atom is 0.0462 e.